The standard InChI is InChI=1S/C33H42N12O5/c1-19(46)42-28(15-22-17-38-18-41-22)32(50)45-27(13-20-8-11-37-12-9-20)31(49)43-25(7-4-10-39-33(35)36)30(48)44-26(29(34)47)14-21-16-40-24-6-3-2-5-23(21)24/h2-3,5-6,8-9,11-12,16-18,25-28,40H,4,7,10,13-15H2,1H3,(H2,34,47)(H,38,41)(H,42,46)(H,43,49)(H,44,48)(H,45,50)(H4,35,36,39)/t25-,26-,27-,28-/m0/s1. The lowest BCUT2D eigenvalue weighted by molar-refractivity contribution is -0.134. The molecule has 0 aliphatic rings. The molecule has 0 aliphatic heterocycles. The molecule has 17 nitrogen and oxygen atoms in total. The van der Waals surface area contributed by atoms with Crippen molar-refractivity contribution < 1.29 is 24.0 Å². The average molecular weight is 687 g/mol. The molecule has 4 rings (SSSR count). The Morgan fingerprint density at radius 2 is 1.44 bits per heavy atom. The highest BCUT2D eigenvalue weighted by Gasteiger charge is 2.31. The van der Waals surface area contributed by atoms with Gasteiger partial charge in [-0.3, -0.25) is 33.9 Å². The molecule has 17 heteroatoms. The summed E-state index contributed by atoms with van der Waals surface area (Å²) in [6.07, 6.45) is 8.37. The summed E-state index contributed by atoms with van der Waals surface area (Å²) in [5.41, 5.74) is 19.5. The lowest BCUT2D eigenvalue weighted by Crippen LogP contribution is -2.59. The second-order valence-corrected chi connectivity index (χ2v) is 11.7. The number of aromatic amines is 2. The number of aromatic nitrogens is 4. The summed E-state index contributed by atoms with van der Waals surface area (Å²) in [4.78, 5) is 83.7. The van der Waals surface area contributed by atoms with Crippen LogP contribution in [0.3, 0.4) is 0 Å². The van der Waals surface area contributed by atoms with Gasteiger partial charge in [0.05, 0.1) is 6.33 Å². The Bertz CT molecular complexity index is 1790. The first kappa shape index (κ1) is 36.6. The van der Waals surface area contributed by atoms with E-state index in [1.54, 1.807) is 30.7 Å². The molecule has 0 bridgehead atoms. The molecule has 4 atom stereocenters. The fourth-order valence-corrected chi connectivity index (χ4v) is 5.37. The molecule has 50 heavy (non-hydrogen) atoms. The van der Waals surface area contributed by atoms with Crippen LogP contribution >= 0.6 is 0 Å². The van der Waals surface area contributed by atoms with Crippen LogP contribution < -0.4 is 38.5 Å². The number of nitrogens with one attached hydrogen (secondary N) is 6. The largest absolute Gasteiger partial charge is 0.370 e. The summed E-state index contributed by atoms with van der Waals surface area (Å²) < 4.78 is 0. The molecule has 5 amide bonds. The van der Waals surface area contributed by atoms with E-state index in [9.17, 15) is 24.0 Å². The second kappa shape index (κ2) is 17.8. The number of hydrogen-bond acceptors (Lipinski definition) is 8. The van der Waals surface area contributed by atoms with Gasteiger partial charge in [0.25, 0.3) is 0 Å². The molecule has 3 heterocycles. The molecule has 0 fully saturated rings. The van der Waals surface area contributed by atoms with Crippen LogP contribution in [0.2, 0.25) is 0 Å². The SMILES string of the molecule is CC(=O)N[C@@H](Cc1cnc[nH]1)C(=O)N[C@@H](Cc1ccncc1)C(=O)N[C@@H](CCCN=C(N)N)C(=O)N[C@@H](Cc1c[nH]c2ccccc12)C(N)=O. The van der Waals surface area contributed by atoms with Gasteiger partial charge in [0.15, 0.2) is 5.96 Å². The molecule has 0 unspecified atom stereocenters. The number of fused-ring (bicyclic) bond motifs is 1. The number of nitrogens with zero attached hydrogens (tertiary/aromatic N) is 3. The number of hydrogen-bond donors (Lipinski definition) is 9. The number of H-pyrrole nitrogens is 2. The fraction of sp³-hybridized carbons (Fsp3) is 0.333. The summed E-state index contributed by atoms with van der Waals surface area (Å²) in [6.45, 7) is 1.44. The molecule has 4 aromatic rings. The predicted octanol–water partition coefficient (Wildman–Crippen LogP) is -1.19. The summed E-state index contributed by atoms with van der Waals surface area (Å²) >= 11 is 0. The zero-order chi connectivity index (χ0) is 36.0. The van der Waals surface area contributed by atoms with Crippen LogP contribution in [0.1, 0.15) is 36.6 Å². The number of guanidine groups is 1. The van der Waals surface area contributed by atoms with Crippen molar-refractivity contribution in [1.82, 2.24) is 41.2 Å². The summed E-state index contributed by atoms with van der Waals surface area (Å²) in [5.74, 6) is -3.34. The Hall–Kier alpha value is -6.26. The van der Waals surface area contributed by atoms with Gasteiger partial charge in [0.2, 0.25) is 29.5 Å². The predicted molar refractivity (Wildman–Crippen MR) is 185 cm³/mol. The number of rotatable bonds is 18. The number of pyridine rings is 1. The second-order valence-electron chi connectivity index (χ2n) is 11.7. The number of primary amides is 1. The number of carbonyl (C=O) groups excluding carboxylic acids is 5. The zero-order valence-electron chi connectivity index (χ0n) is 27.5. The summed E-state index contributed by atoms with van der Waals surface area (Å²) in [6, 6.07) is 6.36. The molecule has 3 aromatic heterocycles. The van der Waals surface area contributed by atoms with E-state index in [4.69, 9.17) is 17.2 Å². The maximum absolute atomic E-state index is 13.9. The van der Waals surface area contributed by atoms with Crippen LogP contribution in [-0.2, 0) is 43.2 Å². The Morgan fingerprint density at radius 3 is 2.10 bits per heavy atom. The van der Waals surface area contributed by atoms with Gasteiger partial charge >= 0.3 is 0 Å². The molecule has 0 saturated carbocycles. The number of carbonyl (C=O) groups is 5. The van der Waals surface area contributed by atoms with E-state index >= 15 is 0 Å². The minimum atomic E-state index is -1.19. The van der Waals surface area contributed by atoms with Gasteiger partial charge in [-0.05, 0) is 42.2 Å². The number of nitrogens with two attached hydrogens (primary N) is 3. The van der Waals surface area contributed by atoms with Crippen molar-refractivity contribution in [1.29, 1.82) is 0 Å². The maximum Gasteiger partial charge on any atom is 0.243 e. The van der Waals surface area contributed by atoms with Crippen molar-refractivity contribution in [2.75, 3.05) is 6.54 Å². The Kier molecular flexibility index (Phi) is 13.0. The van der Waals surface area contributed by atoms with E-state index in [-0.39, 0.29) is 44.6 Å². The first-order valence-corrected chi connectivity index (χ1v) is 15.9. The highest BCUT2D eigenvalue weighted by Crippen LogP contribution is 2.19. The van der Waals surface area contributed by atoms with Crippen LogP contribution in [0.4, 0.5) is 0 Å². The van der Waals surface area contributed by atoms with Crippen molar-refractivity contribution in [3.63, 3.8) is 0 Å². The number of benzene rings is 1. The van der Waals surface area contributed by atoms with Crippen LogP contribution in [-0.4, -0.2) is 86.1 Å². The highest BCUT2D eigenvalue weighted by atomic mass is 16.2. The van der Waals surface area contributed by atoms with Gasteiger partial charge in [0.1, 0.15) is 24.2 Å². The third-order valence-corrected chi connectivity index (χ3v) is 7.83. The van der Waals surface area contributed by atoms with Crippen molar-refractivity contribution in [2.45, 2.75) is 63.2 Å². The van der Waals surface area contributed by atoms with Gasteiger partial charge < -0.3 is 48.4 Å². The first-order valence-electron chi connectivity index (χ1n) is 15.9. The van der Waals surface area contributed by atoms with Gasteiger partial charge in [-0.2, -0.15) is 0 Å². The molecular formula is C33H42N12O5. The normalized spacial score (nSPS) is 13.3. The zero-order valence-corrected chi connectivity index (χ0v) is 27.5. The van der Waals surface area contributed by atoms with Crippen molar-refractivity contribution in [3.05, 3.63) is 84.3 Å². The monoisotopic (exact) mass is 686 g/mol. The van der Waals surface area contributed by atoms with Gasteiger partial charge in [-0.15, -0.1) is 0 Å². The average Bonchev–Trinajstić information content (AvgIpc) is 3.75. The van der Waals surface area contributed by atoms with E-state index in [0.717, 1.165) is 16.5 Å². The number of para-hydroxylation sites is 1. The molecule has 12 N–H and O–H groups in total. The number of imidazole rings is 1. The number of amides is 5. The fourth-order valence-electron chi connectivity index (χ4n) is 5.37. The van der Waals surface area contributed by atoms with Crippen LogP contribution in [0.5, 0.6) is 0 Å². The van der Waals surface area contributed by atoms with E-state index in [0.29, 0.717) is 11.3 Å². The van der Waals surface area contributed by atoms with Gasteiger partial charge in [0, 0.05) is 74.1 Å². The molecule has 1 aromatic carbocycles. The lowest BCUT2D eigenvalue weighted by atomic mass is 10.0. The third-order valence-electron chi connectivity index (χ3n) is 7.83. The highest BCUT2D eigenvalue weighted by molar-refractivity contribution is 5.95. The van der Waals surface area contributed by atoms with E-state index < -0.39 is 53.7 Å². The summed E-state index contributed by atoms with van der Waals surface area (Å²) in [5, 5.41) is 11.6. The Morgan fingerprint density at radius 1 is 0.780 bits per heavy atom. The Labute approximate surface area is 287 Å². The van der Waals surface area contributed by atoms with Crippen molar-refractivity contribution >= 4 is 46.4 Å². The van der Waals surface area contributed by atoms with E-state index in [2.05, 4.69) is 46.2 Å². The maximum atomic E-state index is 13.9. The Balaban J connectivity index is 1.55. The molecule has 0 saturated heterocycles. The summed E-state index contributed by atoms with van der Waals surface area (Å²) in [7, 11) is 0. The molecular weight excluding hydrogens is 644 g/mol. The minimum Gasteiger partial charge on any atom is -0.370 e. The quantitative estimate of drug-likeness (QED) is 0.0345. The smallest absolute Gasteiger partial charge is 0.243 e. The first-order chi connectivity index (χ1) is 24.0. The van der Waals surface area contributed by atoms with E-state index in [1.165, 1.54) is 19.4 Å². The van der Waals surface area contributed by atoms with Crippen LogP contribution in [0.15, 0.2) is 72.5 Å². The molecule has 264 valence electrons. The molecule has 0 aliphatic carbocycles. The van der Waals surface area contributed by atoms with Gasteiger partial charge in [-0.1, -0.05) is 18.2 Å². The van der Waals surface area contributed by atoms with Crippen molar-refractivity contribution in [3.8, 4) is 0 Å². The number of aliphatic imine (C=N–C) groups is 1. The topological polar surface area (TPSA) is 281 Å². The van der Waals surface area contributed by atoms with Crippen molar-refractivity contribution in [2.24, 2.45) is 22.2 Å². The minimum absolute atomic E-state index is 0.0315. The van der Waals surface area contributed by atoms with E-state index in [1.807, 2.05) is 24.3 Å². The van der Waals surface area contributed by atoms with Crippen LogP contribution in [0.25, 0.3) is 10.9 Å². The third kappa shape index (κ3) is 10.9. The molecule has 0 radical (unpaired) electrons. The molecule has 0 spiro atoms. The van der Waals surface area contributed by atoms with Gasteiger partial charge in [-0.25, -0.2) is 4.98 Å². The lowest BCUT2D eigenvalue weighted by Gasteiger charge is -2.26. The van der Waals surface area contributed by atoms with Crippen LogP contribution in [0, 0.1) is 0 Å².